The van der Waals surface area contributed by atoms with Crippen LogP contribution in [0, 0.1) is 0 Å². The molecule has 0 bridgehead atoms. The standard InChI is InChI=1S/C18H15I/c1-12(2)16-14-10-6-7-11-15(14)18(19)17(16)13-8-4-3-5-9-13/h3-11,16H,1H2,2H3. The fraction of sp³-hybridized carbons (Fsp3) is 0.111. The lowest BCUT2D eigenvalue weighted by molar-refractivity contribution is 1.04. The number of benzene rings is 2. The highest BCUT2D eigenvalue weighted by Gasteiger charge is 2.30. The summed E-state index contributed by atoms with van der Waals surface area (Å²) in [4.78, 5) is 0. The summed E-state index contributed by atoms with van der Waals surface area (Å²) in [5.74, 6) is 0.325. The van der Waals surface area contributed by atoms with E-state index in [1.807, 2.05) is 0 Å². The molecule has 1 aliphatic rings. The topological polar surface area (TPSA) is 0 Å². The zero-order chi connectivity index (χ0) is 13.4. The molecule has 2 aromatic carbocycles. The van der Waals surface area contributed by atoms with Gasteiger partial charge in [0.2, 0.25) is 0 Å². The molecule has 0 radical (unpaired) electrons. The predicted molar refractivity (Wildman–Crippen MR) is 91.3 cm³/mol. The number of hydrogen-bond acceptors (Lipinski definition) is 0. The molecule has 0 saturated heterocycles. The van der Waals surface area contributed by atoms with E-state index in [4.69, 9.17) is 0 Å². The second-order valence-electron chi connectivity index (χ2n) is 4.96. The van der Waals surface area contributed by atoms with Crippen LogP contribution in [0.5, 0.6) is 0 Å². The molecule has 0 spiro atoms. The monoisotopic (exact) mass is 358 g/mol. The first-order chi connectivity index (χ1) is 9.20. The molecule has 0 N–H and O–H groups in total. The van der Waals surface area contributed by atoms with Crippen LogP contribution in [0.1, 0.15) is 29.5 Å². The Kier molecular flexibility index (Phi) is 3.31. The smallest absolute Gasteiger partial charge is 0.0316 e. The van der Waals surface area contributed by atoms with Crippen LogP contribution in [0.4, 0.5) is 0 Å². The molecule has 1 aliphatic carbocycles. The second kappa shape index (κ2) is 4.97. The van der Waals surface area contributed by atoms with Crippen molar-refractivity contribution in [2.24, 2.45) is 0 Å². The van der Waals surface area contributed by atoms with E-state index in [1.54, 1.807) is 0 Å². The van der Waals surface area contributed by atoms with Crippen molar-refractivity contribution >= 4 is 31.7 Å². The van der Waals surface area contributed by atoms with E-state index in [0.29, 0.717) is 5.92 Å². The molecule has 1 unspecified atom stereocenters. The molecule has 0 saturated carbocycles. The van der Waals surface area contributed by atoms with Crippen LogP contribution in [0.3, 0.4) is 0 Å². The van der Waals surface area contributed by atoms with Gasteiger partial charge in [0.25, 0.3) is 0 Å². The van der Waals surface area contributed by atoms with Crippen LogP contribution in [0.2, 0.25) is 0 Å². The molecule has 1 heteroatoms. The van der Waals surface area contributed by atoms with E-state index in [-0.39, 0.29) is 0 Å². The molecule has 0 nitrogen and oxygen atoms in total. The molecule has 19 heavy (non-hydrogen) atoms. The first-order valence-electron chi connectivity index (χ1n) is 6.40. The summed E-state index contributed by atoms with van der Waals surface area (Å²) in [7, 11) is 0. The molecule has 3 rings (SSSR count). The maximum atomic E-state index is 4.21. The summed E-state index contributed by atoms with van der Waals surface area (Å²) in [6, 6.07) is 19.3. The van der Waals surface area contributed by atoms with Gasteiger partial charge in [0.15, 0.2) is 0 Å². The quantitative estimate of drug-likeness (QED) is 0.480. The zero-order valence-electron chi connectivity index (χ0n) is 10.9. The van der Waals surface area contributed by atoms with Gasteiger partial charge in [-0.25, -0.2) is 0 Å². The molecule has 0 fully saturated rings. The normalized spacial score (nSPS) is 17.5. The Morgan fingerprint density at radius 1 is 1.00 bits per heavy atom. The molecule has 0 aromatic heterocycles. The third-order valence-electron chi connectivity index (χ3n) is 3.61. The highest BCUT2D eigenvalue weighted by Crippen LogP contribution is 2.52. The first-order valence-corrected chi connectivity index (χ1v) is 7.48. The summed E-state index contributed by atoms with van der Waals surface area (Å²) < 4.78 is 1.35. The van der Waals surface area contributed by atoms with Gasteiger partial charge < -0.3 is 0 Å². The maximum absolute atomic E-state index is 4.21. The lowest BCUT2D eigenvalue weighted by Gasteiger charge is -2.17. The van der Waals surface area contributed by atoms with E-state index < -0.39 is 0 Å². The number of hydrogen-bond donors (Lipinski definition) is 0. The summed E-state index contributed by atoms with van der Waals surface area (Å²) >= 11 is 2.48. The average Bonchev–Trinajstić information content (AvgIpc) is 2.74. The molecular formula is C18H15I. The van der Waals surface area contributed by atoms with Gasteiger partial charge in [-0.3, -0.25) is 0 Å². The van der Waals surface area contributed by atoms with Crippen molar-refractivity contribution in [1.82, 2.24) is 0 Å². The van der Waals surface area contributed by atoms with Crippen molar-refractivity contribution in [2.75, 3.05) is 0 Å². The fourth-order valence-corrected chi connectivity index (χ4v) is 3.91. The highest BCUT2D eigenvalue weighted by molar-refractivity contribution is 14.1. The minimum absolute atomic E-state index is 0.325. The van der Waals surface area contributed by atoms with Crippen molar-refractivity contribution in [3.8, 4) is 0 Å². The lowest BCUT2D eigenvalue weighted by atomic mass is 9.86. The lowest BCUT2D eigenvalue weighted by Crippen LogP contribution is -1.99. The first kappa shape index (κ1) is 12.7. The van der Waals surface area contributed by atoms with Crippen LogP contribution in [-0.4, -0.2) is 0 Å². The molecule has 0 aliphatic heterocycles. The largest absolute Gasteiger partial charge is 0.0992 e. The van der Waals surface area contributed by atoms with Crippen LogP contribution in [0.25, 0.3) is 9.15 Å². The molecular weight excluding hydrogens is 343 g/mol. The molecule has 0 amide bonds. The highest BCUT2D eigenvalue weighted by atomic mass is 127. The Labute approximate surface area is 128 Å². The van der Waals surface area contributed by atoms with E-state index in [2.05, 4.69) is 90.7 Å². The van der Waals surface area contributed by atoms with Gasteiger partial charge in [0.1, 0.15) is 0 Å². The van der Waals surface area contributed by atoms with E-state index in [9.17, 15) is 0 Å². The van der Waals surface area contributed by atoms with Crippen LogP contribution in [-0.2, 0) is 0 Å². The van der Waals surface area contributed by atoms with Gasteiger partial charge in [-0.05, 0) is 51.8 Å². The third kappa shape index (κ3) is 2.06. The van der Waals surface area contributed by atoms with Gasteiger partial charge in [-0.1, -0.05) is 66.7 Å². The van der Waals surface area contributed by atoms with Gasteiger partial charge in [0, 0.05) is 9.50 Å². The van der Waals surface area contributed by atoms with Crippen LogP contribution >= 0.6 is 22.6 Å². The maximum Gasteiger partial charge on any atom is 0.0316 e. The molecule has 0 heterocycles. The minimum atomic E-state index is 0.325. The molecule has 1 atom stereocenters. The Balaban J connectivity index is 2.24. The van der Waals surface area contributed by atoms with Crippen molar-refractivity contribution in [1.29, 1.82) is 0 Å². The van der Waals surface area contributed by atoms with Gasteiger partial charge in [-0.15, -0.1) is 0 Å². The SMILES string of the molecule is C=C(C)C1C(c2ccccc2)=C(I)c2ccccc21. The fourth-order valence-electron chi connectivity index (χ4n) is 2.80. The zero-order valence-corrected chi connectivity index (χ0v) is 13.0. The second-order valence-corrected chi connectivity index (χ2v) is 6.04. The van der Waals surface area contributed by atoms with Crippen LogP contribution < -0.4 is 0 Å². The third-order valence-corrected chi connectivity index (χ3v) is 4.77. The summed E-state index contributed by atoms with van der Waals surface area (Å²) in [5, 5.41) is 0. The average molecular weight is 358 g/mol. The van der Waals surface area contributed by atoms with Crippen LogP contribution in [0.15, 0.2) is 66.7 Å². The summed E-state index contributed by atoms with van der Waals surface area (Å²) in [5.41, 5.74) is 6.65. The number of fused-ring (bicyclic) bond motifs is 1. The number of allylic oxidation sites excluding steroid dienone is 2. The predicted octanol–water partition coefficient (Wildman–Crippen LogP) is 5.66. The Bertz CT molecular complexity index is 665. The van der Waals surface area contributed by atoms with Gasteiger partial charge in [0.05, 0.1) is 0 Å². The minimum Gasteiger partial charge on any atom is -0.0992 e. The van der Waals surface area contributed by atoms with E-state index in [1.165, 1.54) is 31.4 Å². The van der Waals surface area contributed by atoms with Crippen molar-refractivity contribution in [3.05, 3.63) is 83.4 Å². The van der Waals surface area contributed by atoms with Gasteiger partial charge >= 0.3 is 0 Å². The van der Waals surface area contributed by atoms with Gasteiger partial charge in [-0.2, -0.15) is 0 Å². The molecule has 94 valence electrons. The Morgan fingerprint density at radius 2 is 1.63 bits per heavy atom. The number of rotatable bonds is 2. The summed E-state index contributed by atoms with van der Waals surface area (Å²) in [6.45, 7) is 6.33. The van der Waals surface area contributed by atoms with E-state index >= 15 is 0 Å². The Morgan fingerprint density at radius 3 is 2.32 bits per heavy atom. The van der Waals surface area contributed by atoms with Crippen molar-refractivity contribution in [2.45, 2.75) is 12.8 Å². The van der Waals surface area contributed by atoms with E-state index in [0.717, 1.165) is 0 Å². The summed E-state index contributed by atoms with van der Waals surface area (Å²) in [6.07, 6.45) is 0. The molecule has 2 aromatic rings. The van der Waals surface area contributed by atoms with Crippen molar-refractivity contribution in [3.63, 3.8) is 0 Å². The van der Waals surface area contributed by atoms with Crippen molar-refractivity contribution < 1.29 is 0 Å². The Hall–Kier alpha value is -1.35. The number of halogens is 1.